The Kier molecular flexibility index (Phi) is 5.84. The average molecular weight is 404 g/mol. The zero-order valence-electron chi connectivity index (χ0n) is 15.7. The number of hydrogen-bond donors (Lipinski definition) is 3. The first-order chi connectivity index (χ1) is 14.2. The zero-order chi connectivity index (χ0) is 20.1. The molecule has 0 aliphatic rings. The van der Waals surface area contributed by atoms with Gasteiger partial charge >= 0.3 is 6.03 Å². The maximum absolute atomic E-state index is 12.6. The largest absolute Gasteiger partial charge is 0.394 e. The molecular formula is C23H21N3O2S. The lowest BCUT2D eigenvalue weighted by Gasteiger charge is -2.17. The van der Waals surface area contributed by atoms with Crippen molar-refractivity contribution in [3.8, 4) is 10.6 Å². The van der Waals surface area contributed by atoms with E-state index in [9.17, 15) is 9.90 Å². The van der Waals surface area contributed by atoms with Gasteiger partial charge in [-0.3, -0.25) is 0 Å². The number of amides is 2. The predicted molar refractivity (Wildman–Crippen MR) is 118 cm³/mol. The van der Waals surface area contributed by atoms with E-state index in [-0.39, 0.29) is 18.7 Å². The highest BCUT2D eigenvalue weighted by molar-refractivity contribution is 7.21. The molecule has 0 saturated carbocycles. The second-order valence-corrected chi connectivity index (χ2v) is 7.73. The fourth-order valence-corrected chi connectivity index (χ4v) is 4.17. The smallest absolute Gasteiger partial charge is 0.319 e. The summed E-state index contributed by atoms with van der Waals surface area (Å²) >= 11 is 1.59. The third kappa shape index (κ3) is 4.62. The minimum atomic E-state index is -0.369. The third-order valence-electron chi connectivity index (χ3n) is 4.58. The van der Waals surface area contributed by atoms with Crippen molar-refractivity contribution < 1.29 is 9.90 Å². The predicted octanol–water partition coefficient (Wildman–Crippen LogP) is 4.69. The zero-order valence-corrected chi connectivity index (χ0v) is 16.5. The summed E-state index contributed by atoms with van der Waals surface area (Å²) in [6.07, 6.45) is 0.560. The molecule has 29 heavy (non-hydrogen) atoms. The number of nitrogens with zero attached hydrogens (tertiary/aromatic N) is 1. The third-order valence-corrected chi connectivity index (χ3v) is 5.65. The van der Waals surface area contributed by atoms with E-state index in [0.29, 0.717) is 12.1 Å². The first-order valence-corrected chi connectivity index (χ1v) is 10.2. The van der Waals surface area contributed by atoms with Gasteiger partial charge in [-0.05, 0) is 36.2 Å². The number of benzene rings is 3. The van der Waals surface area contributed by atoms with E-state index in [4.69, 9.17) is 4.98 Å². The van der Waals surface area contributed by atoms with Crippen LogP contribution in [0.2, 0.25) is 0 Å². The van der Waals surface area contributed by atoms with Crippen LogP contribution in [0.4, 0.5) is 10.5 Å². The molecule has 3 aromatic carbocycles. The Morgan fingerprint density at radius 2 is 1.69 bits per heavy atom. The van der Waals surface area contributed by atoms with Gasteiger partial charge in [0.2, 0.25) is 0 Å². The number of hydrogen-bond acceptors (Lipinski definition) is 4. The van der Waals surface area contributed by atoms with Gasteiger partial charge in [0.1, 0.15) is 5.01 Å². The Bertz CT molecular complexity index is 1080. The molecule has 0 aliphatic carbocycles. The van der Waals surface area contributed by atoms with E-state index in [1.807, 2.05) is 78.9 Å². The van der Waals surface area contributed by atoms with Crippen LogP contribution in [0, 0.1) is 0 Å². The lowest BCUT2D eigenvalue weighted by molar-refractivity contribution is 0.224. The van der Waals surface area contributed by atoms with Crippen molar-refractivity contribution in [1.82, 2.24) is 10.3 Å². The minimum absolute atomic E-state index is 0.137. The number of para-hydroxylation sites is 2. The first-order valence-electron chi connectivity index (χ1n) is 9.40. The monoisotopic (exact) mass is 403 g/mol. The summed E-state index contributed by atoms with van der Waals surface area (Å²) in [6.45, 7) is -0.137. The lowest BCUT2D eigenvalue weighted by Crippen LogP contribution is -2.41. The fourth-order valence-electron chi connectivity index (χ4n) is 3.17. The summed E-state index contributed by atoms with van der Waals surface area (Å²) in [6, 6.07) is 24.6. The second-order valence-electron chi connectivity index (χ2n) is 6.70. The average Bonchev–Trinajstić information content (AvgIpc) is 3.18. The summed E-state index contributed by atoms with van der Waals surface area (Å²) in [7, 11) is 0. The van der Waals surface area contributed by atoms with Gasteiger partial charge in [0.05, 0.1) is 28.6 Å². The maximum atomic E-state index is 12.6. The van der Waals surface area contributed by atoms with Crippen molar-refractivity contribution in [3.05, 3.63) is 84.4 Å². The molecule has 0 saturated heterocycles. The van der Waals surface area contributed by atoms with Crippen LogP contribution in [0.25, 0.3) is 20.8 Å². The molecule has 146 valence electrons. The van der Waals surface area contributed by atoms with E-state index in [0.717, 1.165) is 26.4 Å². The number of fused-ring (bicyclic) bond motifs is 1. The van der Waals surface area contributed by atoms with Crippen LogP contribution in [0.5, 0.6) is 0 Å². The number of thiazole rings is 1. The second kappa shape index (κ2) is 8.86. The van der Waals surface area contributed by atoms with Gasteiger partial charge in [-0.1, -0.05) is 54.6 Å². The number of urea groups is 1. The molecule has 1 unspecified atom stereocenters. The van der Waals surface area contributed by atoms with Gasteiger partial charge in [-0.2, -0.15) is 0 Å². The summed E-state index contributed by atoms with van der Waals surface area (Å²) in [5.74, 6) is 0. The molecule has 4 rings (SSSR count). The van der Waals surface area contributed by atoms with Gasteiger partial charge in [0.25, 0.3) is 0 Å². The fraction of sp³-hybridized carbons (Fsp3) is 0.130. The molecule has 5 nitrogen and oxygen atoms in total. The van der Waals surface area contributed by atoms with Crippen LogP contribution >= 0.6 is 11.3 Å². The van der Waals surface area contributed by atoms with Gasteiger partial charge in [-0.15, -0.1) is 11.3 Å². The van der Waals surface area contributed by atoms with Crippen molar-refractivity contribution in [2.24, 2.45) is 0 Å². The molecule has 3 N–H and O–H groups in total. The normalized spacial score (nSPS) is 11.9. The highest BCUT2D eigenvalue weighted by Gasteiger charge is 2.15. The maximum Gasteiger partial charge on any atom is 0.319 e. The SMILES string of the molecule is O=C(Nc1ccccc1-c1nc2ccccc2s1)NC(CO)Cc1ccccc1. The highest BCUT2D eigenvalue weighted by atomic mass is 32.1. The van der Waals surface area contributed by atoms with Gasteiger partial charge in [-0.25, -0.2) is 9.78 Å². The molecule has 0 fully saturated rings. The molecule has 6 heteroatoms. The standard InChI is InChI=1S/C23H21N3O2S/c27-15-17(14-16-8-2-1-3-9-16)24-23(28)26-19-11-5-4-10-18(19)22-25-20-12-6-7-13-21(20)29-22/h1-13,17,27H,14-15H2,(H2,24,26,28). The Morgan fingerprint density at radius 1 is 0.966 bits per heavy atom. The van der Waals surface area contributed by atoms with E-state index >= 15 is 0 Å². The van der Waals surface area contributed by atoms with Crippen molar-refractivity contribution >= 4 is 33.3 Å². The van der Waals surface area contributed by atoms with Crippen LogP contribution in [0.3, 0.4) is 0 Å². The number of aromatic nitrogens is 1. The molecule has 0 aliphatic heterocycles. The quantitative estimate of drug-likeness (QED) is 0.437. The van der Waals surface area contributed by atoms with Crippen LogP contribution in [0.1, 0.15) is 5.56 Å². The van der Waals surface area contributed by atoms with Gasteiger partial charge < -0.3 is 15.7 Å². The molecule has 1 heterocycles. The van der Waals surface area contributed by atoms with Gasteiger partial charge in [0.15, 0.2) is 0 Å². The van der Waals surface area contributed by atoms with Crippen molar-refractivity contribution in [1.29, 1.82) is 0 Å². The molecule has 0 spiro atoms. The number of rotatable bonds is 6. The topological polar surface area (TPSA) is 74.2 Å². The van der Waals surface area contributed by atoms with Crippen LogP contribution in [-0.2, 0) is 6.42 Å². The number of anilines is 1. The van der Waals surface area contributed by atoms with Crippen molar-refractivity contribution in [2.45, 2.75) is 12.5 Å². The molecule has 1 atom stereocenters. The number of aliphatic hydroxyl groups excluding tert-OH is 1. The number of aliphatic hydroxyl groups is 1. The number of carbonyl (C=O) groups is 1. The summed E-state index contributed by atoms with van der Waals surface area (Å²) in [4.78, 5) is 17.3. The number of nitrogens with one attached hydrogen (secondary N) is 2. The highest BCUT2D eigenvalue weighted by Crippen LogP contribution is 2.34. The van der Waals surface area contributed by atoms with Crippen LogP contribution in [-0.4, -0.2) is 28.8 Å². The number of carbonyl (C=O) groups excluding carboxylic acids is 1. The Hall–Kier alpha value is -3.22. The lowest BCUT2D eigenvalue weighted by atomic mass is 10.1. The van der Waals surface area contributed by atoms with E-state index < -0.39 is 0 Å². The molecule has 2 amide bonds. The summed E-state index contributed by atoms with van der Waals surface area (Å²) in [5, 5.41) is 16.3. The Balaban J connectivity index is 1.50. The van der Waals surface area contributed by atoms with E-state index in [1.165, 1.54) is 0 Å². The molecule has 4 aromatic rings. The van der Waals surface area contributed by atoms with Crippen LogP contribution in [0.15, 0.2) is 78.9 Å². The van der Waals surface area contributed by atoms with Crippen molar-refractivity contribution in [2.75, 3.05) is 11.9 Å². The Morgan fingerprint density at radius 3 is 2.48 bits per heavy atom. The van der Waals surface area contributed by atoms with E-state index in [1.54, 1.807) is 11.3 Å². The van der Waals surface area contributed by atoms with Crippen LogP contribution < -0.4 is 10.6 Å². The molecule has 0 bridgehead atoms. The minimum Gasteiger partial charge on any atom is -0.394 e. The van der Waals surface area contributed by atoms with Gasteiger partial charge in [0, 0.05) is 5.56 Å². The summed E-state index contributed by atoms with van der Waals surface area (Å²) in [5.41, 5.74) is 3.55. The first kappa shape index (κ1) is 19.1. The summed E-state index contributed by atoms with van der Waals surface area (Å²) < 4.78 is 1.10. The van der Waals surface area contributed by atoms with E-state index in [2.05, 4.69) is 10.6 Å². The van der Waals surface area contributed by atoms with Crippen molar-refractivity contribution in [3.63, 3.8) is 0 Å². The molecule has 0 radical (unpaired) electrons. The molecule has 1 aromatic heterocycles. The molecular weight excluding hydrogens is 382 g/mol. The Labute approximate surface area is 173 Å².